The van der Waals surface area contributed by atoms with Gasteiger partial charge in [0.05, 0.1) is 0 Å². The molecule has 0 unspecified atom stereocenters. The summed E-state index contributed by atoms with van der Waals surface area (Å²) in [5.74, 6) is 0. The predicted molar refractivity (Wildman–Crippen MR) is 104 cm³/mol. The van der Waals surface area contributed by atoms with Gasteiger partial charge in [-0.05, 0) is 70.0 Å². The highest BCUT2D eigenvalue weighted by molar-refractivity contribution is 9.58. The molecule has 0 fully saturated rings. The van der Waals surface area contributed by atoms with Gasteiger partial charge in [-0.3, -0.25) is 0 Å². The molecular weight excluding hydrogens is 364 g/mol. The van der Waals surface area contributed by atoms with Gasteiger partial charge < -0.3 is 0 Å². The van der Waals surface area contributed by atoms with Crippen LogP contribution in [0.1, 0.15) is 16.7 Å². The van der Waals surface area contributed by atoms with Crippen molar-refractivity contribution in [1.29, 1.82) is 0 Å². The number of fused-ring (bicyclic) bond motifs is 3. The van der Waals surface area contributed by atoms with E-state index in [9.17, 15) is 0 Å². The van der Waals surface area contributed by atoms with Gasteiger partial charge in [-0.2, -0.15) is 0 Å². The Morgan fingerprint density at radius 3 is 1.61 bits per heavy atom. The molecule has 1 aliphatic rings. The molecule has 0 N–H and O–H groups in total. The molecule has 1 aliphatic heterocycles. The van der Waals surface area contributed by atoms with Crippen LogP contribution in [0.5, 0.6) is 0 Å². The predicted octanol–water partition coefficient (Wildman–Crippen LogP) is 7.18. The van der Waals surface area contributed by atoms with Crippen LogP contribution in [0, 0.1) is 20.8 Å². The van der Waals surface area contributed by atoms with Gasteiger partial charge in [0.15, 0.2) is 0 Å². The van der Waals surface area contributed by atoms with E-state index in [1.807, 2.05) is 0 Å². The Morgan fingerprint density at radius 2 is 1.13 bits per heavy atom. The lowest BCUT2D eigenvalue weighted by atomic mass is 10.1. The molecule has 116 valence electrons. The Morgan fingerprint density at radius 1 is 0.696 bits per heavy atom. The van der Waals surface area contributed by atoms with Crippen LogP contribution in [0.15, 0.2) is 75.4 Å². The number of rotatable bonds is 1. The molecular formula is C21H19BrS. The number of hydrogen-bond donors (Lipinski definition) is 0. The quantitative estimate of drug-likeness (QED) is 0.417. The van der Waals surface area contributed by atoms with Crippen LogP contribution in [0.25, 0.3) is 11.1 Å². The Hall–Kier alpha value is -1.51. The molecule has 0 atom stereocenters. The lowest BCUT2D eigenvalue weighted by Crippen LogP contribution is -1.99. The summed E-state index contributed by atoms with van der Waals surface area (Å²) in [6.45, 7) is 6.67. The van der Waals surface area contributed by atoms with Crippen molar-refractivity contribution in [2.45, 2.75) is 35.5 Å². The summed E-state index contributed by atoms with van der Waals surface area (Å²) in [6, 6.07) is 22.3. The summed E-state index contributed by atoms with van der Waals surface area (Å²) >= 11 is 4.26. The molecule has 2 heteroatoms. The van der Waals surface area contributed by atoms with Gasteiger partial charge in [0.2, 0.25) is 0 Å². The van der Waals surface area contributed by atoms with Gasteiger partial charge >= 0.3 is 0 Å². The van der Waals surface area contributed by atoms with E-state index in [2.05, 4.69) is 96.2 Å². The number of halogens is 1. The van der Waals surface area contributed by atoms with Crippen molar-refractivity contribution in [3.05, 3.63) is 77.4 Å². The topological polar surface area (TPSA) is 0 Å². The van der Waals surface area contributed by atoms with E-state index >= 15 is 0 Å². The smallest absolute Gasteiger partial charge is 0.0158 e. The standard InChI is InChI=1S/C21H19BrS/c1-14-12-15(2)21(16(3)13-14)23(22)19-10-6-4-8-17(19)18-9-5-7-11-20(18)23/h4-13H,1-3H3. The van der Waals surface area contributed by atoms with E-state index in [-0.39, 0.29) is 0 Å². The maximum absolute atomic E-state index is 4.26. The second-order valence-corrected chi connectivity index (χ2v) is 11.5. The van der Waals surface area contributed by atoms with Crippen molar-refractivity contribution < 1.29 is 0 Å². The molecule has 0 spiro atoms. The van der Waals surface area contributed by atoms with E-state index < -0.39 is 8.46 Å². The van der Waals surface area contributed by atoms with Gasteiger partial charge in [0.25, 0.3) is 0 Å². The third kappa shape index (κ3) is 2.05. The van der Waals surface area contributed by atoms with Crippen LogP contribution >= 0.6 is 23.3 Å². The first-order valence-corrected chi connectivity index (χ1v) is 11.3. The molecule has 0 amide bonds. The van der Waals surface area contributed by atoms with Gasteiger partial charge in [-0.1, -0.05) is 62.6 Å². The van der Waals surface area contributed by atoms with Crippen LogP contribution in [0.3, 0.4) is 0 Å². The van der Waals surface area contributed by atoms with Crippen LogP contribution in [-0.2, 0) is 0 Å². The molecule has 0 saturated carbocycles. The van der Waals surface area contributed by atoms with E-state index in [0.29, 0.717) is 0 Å². The normalized spacial score (nSPS) is 15.8. The van der Waals surface area contributed by atoms with Gasteiger partial charge in [-0.25, -0.2) is 0 Å². The van der Waals surface area contributed by atoms with E-state index in [1.54, 1.807) is 0 Å². The number of hydrogen-bond acceptors (Lipinski definition) is 0. The van der Waals surface area contributed by atoms with Crippen molar-refractivity contribution >= 4 is 23.3 Å². The van der Waals surface area contributed by atoms with E-state index in [4.69, 9.17) is 0 Å². The summed E-state index contributed by atoms with van der Waals surface area (Å²) in [6.07, 6.45) is 0. The maximum Gasteiger partial charge on any atom is 0.0158 e. The van der Waals surface area contributed by atoms with Crippen LogP contribution in [-0.4, -0.2) is 0 Å². The molecule has 0 saturated heterocycles. The van der Waals surface area contributed by atoms with Crippen molar-refractivity contribution in [3.63, 3.8) is 0 Å². The fraction of sp³-hybridized carbons (Fsp3) is 0.143. The van der Waals surface area contributed by atoms with Gasteiger partial charge in [0, 0.05) is 14.7 Å². The fourth-order valence-corrected chi connectivity index (χ4v) is 10.2. The SMILES string of the molecule is Cc1cc(C)c(S2(Br)c3ccccc3-c3ccccc32)c(C)c1. The average Bonchev–Trinajstić information content (AvgIpc) is 2.78. The Labute approximate surface area is 147 Å². The Balaban J connectivity index is 2.13. The minimum absolute atomic E-state index is 1.33. The highest BCUT2D eigenvalue weighted by Crippen LogP contribution is 2.81. The van der Waals surface area contributed by atoms with Gasteiger partial charge in [0.1, 0.15) is 0 Å². The van der Waals surface area contributed by atoms with Crippen molar-refractivity contribution in [3.8, 4) is 11.1 Å². The second kappa shape index (κ2) is 5.25. The highest BCUT2D eigenvalue weighted by Gasteiger charge is 2.39. The van der Waals surface area contributed by atoms with Gasteiger partial charge in [-0.15, -0.1) is 0 Å². The third-order valence-electron chi connectivity index (χ3n) is 4.56. The molecule has 0 bridgehead atoms. The molecule has 0 aromatic heterocycles. The summed E-state index contributed by atoms with van der Waals surface area (Å²) in [5.41, 5.74) is 6.82. The molecule has 3 aromatic rings. The van der Waals surface area contributed by atoms with Crippen LogP contribution in [0.4, 0.5) is 0 Å². The molecule has 0 radical (unpaired) electrons. The number of benzene rings is 3. The zero-order valence-corrected chi connectivity index (χ0v) is 16.0. The second-order valence-electron chi connectivity index (χ2n) is 6.26. The summed E-state index contributed by atoms with van der Waals surface area (Å²) in [5, 5.41) is 0. The monoisotopic (exact) mass is 382 g/mol. The number of aryl methyl sites for hydroxylation is 3. The summed E-state index contributed by atoms with van der Waals surface area (Å²) < 4.78 is 0. The maximum atomic E-state index is 4.26. The van der Waals surface area contributed by atoms with E-state index in [0.717, 1.165) is 0 Å². The summed E-state index contributed by atoms with van der Waals surface area (Å²) in [4.78, 5) is 4.31. The average molecular weight is 383 g/mol. The lowest BCUT2D eigenvalue weighted by molar-refractivity contribution is 1.17. The minimum atomic E-state index is -1.37. The Bertz CT molecular complexity index is 858. The van der Waals surface area contributed by atoms with E-state index in [1.165, 1.54) is 42.5 Å². The lowest BCUT2D eigenvalue weighted by Gasteiger charge is -2.34. The molecule has 23 heavy (non-hydrogen) atoms. The molecule has 1 heterocycles. The summed E-state index contributed by atoms with van der Waals surface area (Å²) in [7, 11) is -1.37. The largest absolute Gasteiger partial charge is 0.0994 e. The highest BCUT2D eigenvalue weighted by atomic mass is 79.9. The zero-order valence-electron chi connectivity index (χ0n) is 13.6. The molecule has 3 aromatic carbocycles. The molecule has 0 nitrogen and oxygen atoms in total. The molecule has 0 aliphatic carbocycles. The fourth-order valence-electron chi connectivity index (χ4n) is 3.82. The third-order valence-corrected chi connectivity index (χ3v) is 10.8. The first-order chi connectivity index (χ1) is 11.0. The zero-order chi connectivity index (χ0) is 16.2. The van der Waals surface area contributed by atoms with Crippen LogP contribution in [0.2, 0.25) is 0 Å². The molecule has 4 rings (SSSR count). The van der Waals surface area contributed by atoms with Crippen molar-refractivity contribution in [1.82, 2.24) is 0 Å². The Kier molecular flexibility index (Phi) is 3.44. The van der Waals surface area contributed by atoms with Crippen molar-refractivity contribution in [2.75, 3.05) is 0 Å². The minimum Gasteiger partial charge on any atom is -0.0994 e. The first kappa shape index (κ1) is 15.0. The van der Waals surface area contributed by atoms with Crippen LogP contribution < -0.4 is 0 Å². The van der Waals surface area contributed by atoms with Crippen molar-refractivity contribution in [2.24, 2.45) is 0 Å². The first-order valence-electron chi connectivity index (χ1n) is 7.83.